The average Bonchev–Trinajstić information content (AvgIpc) is 2.29. The van der Waals surface area contributed by atoms with E-state index in [9.17, 15) is 0 Å². The maximum atomic E-state index is 6.37. The van der Waals surface area contributed by atoms with Gasteiger partial charge >= 0.3 is 0 Å². The highest BCUT2D eigenvalue weighted by Crippen LogP contribution is 2.41. The normalized spacial score (nSPS) is 22.4. The summed E-state index contributed by atoms with van der Waals surface area (Å²) in [4.78, 5) is 0. The third-order valence-corrected chi connectivity index (χ3v) is 4.40. The summed E-state index contributed by atoms with van der Waals surface area (Å²) in [5.74, 6) is 0.629. The molecule has 0 saturated heterocycles. The molecule has 1 aliphatic carbocycles. The van der Waals surface area contributed by atoms with Crippen molar-refractivity contribution >= 4 is 11.6 Å². The fraction of sp³-hybridized carbons (Fsp3) is 0.600. The molecule has 17 heavy (non-hydrogen) atoms. The van der Waals surface area contributed by atoms with Crippen LogP contribution in [0.15, 0.2) is 24.3 Å². The van der Waals surface area contributed by atoms with Crippen LogP contribution in [0.1, 0.15) is 51.1 Å². The molecular weight excluding hydrogens is 230 g/mol. The Morgan fingerprint density at radius 3 is 2.24 bits per heavy atom. The van der Waals surface area contributed by atoms with E-state index in [-0.39, 0.29) is 6.04 Å². The van der Waals surface area contributed by atoms with Crippen LogP contribution in [0.25, 0.3) is 0 Å². The number of nitrogens with two attached hydrogens (primary N) is 1. The molecule has 1 atom stereocenters. The molecule has 1 aromatic carbocycles. The van der Waals surface area contributed by atoms with E-state index in [1.54, 1.807) is 0 Å². The average molecular weight is 252 g/mol. The van der Waals surface area contributed by atoms with Crippen molar-refractivity contribution in [2.75, 3.05) is 0 Å². The lowest BCUT2D eigenvalue weighted by Gasteiger charge is -2.37. The van der Waals surface area contributed by atoms with Crippen molar-refractivity contribution in [3.05, 3.63) is 34.9 Å². The lowest BCUT2D eigenvalue weighted by Crippen LogP contribution is -2.29. The van der Waals surface area contributed by atoms with E-state index in [1.165, 1.54) is 31.2 Å². The van der Waals surface area contributed by atoms with Gasteiger partial charge in [0, 0.05) is 11.1 Å². The molecule has 2 heteroatoms. The van der Waals surface area contributed by atoms with Crippen LogP contribution < -0.4 is 5.73 Å². The summed E-state index contributed by atoms with van der Waals surface area (Å²) in [6.07, 6.45) is 5.07. The summed E-state index contributed by atoms with van der Waals surface area (Å²) in [6, 6.07) is 8.16. The molecule has 0 aromatic heterocycles. The van der Waals surface area contributed by atoms with E-state index in [1.807, 2.05) is 12.1 Å². The minimum Gasteiger partial charge on any atom is -0.324 e. The van der Waals surface area contributed by atoms with Gasteiger partial charge in [-0.05, 0) is 54.7 Å². The van der Waals surface area contributed by atoms with Gasteiger partial charge in [0.15, 0.2) is 0 Å². The number of rotatable bonds is 2. The van der Waals surface area contributed by atoms with Gasteiger partial charge in [0.05, 0.1) is 0 Å². The Bertz CT molecular complexity index is 359. The van der Waals surface area contributed by atoms with Crippen LogP contribution in [0.3, 0.4) is 0 Å². The number of halogens is 1. The molecule has 1 fully saturated rings. The van der Waals surface area contributed by atoms with Crippen LogP contribution in [0.5, 0.6) is 0 Å². The van der Waals surface area contributed by atoms with Crippen LogP contribution >= 0.6 is 11.6 Å². The maximum absolute atomic E-state index is 6.37. The Hall–Kier alpha value is -0.530. The summed E-state index contributed by atoms with van der Waals surface area (Å²) in [5.41, 5.74) is 8.10. The molecule has 1 nitrogen and oxygen atoms in total. The zero-order valence-corrected chi connectivity index (χ0v) is 11.5. The molecule has 94 valence electrons. The molecule has 1 unspecified atom stereocenters. The van der Waals surface area contributed by atoms with Crippen molar-refractivity contribution in [3.8, 4) is 0 Å². The first-order valence-electron chi connectivity index (χ1n) is 6.49. The molecule has 0 heterocycles. The topological polar surface area (TPSA) is 26.0 Å². The molecule has 2 rings (SSSR count). The number of hydrogen-bond acceptors (Lipinski definition) is 1. The van der Waals surface area contributed by atoms with Crippen LogP contribution in [0.4, 0.5) is 0 Å². The largest absolute Gasteiger partial charge is 0.324 e. The van der Waals surface area contributed by atoms with E-state index >= 15 is 0 Å². The Kier molecular flexibility index (Phi) is 3.79. The van der Waals surface area contributed by atoms with E-state index in [0.29, 0.717) is 11.3 Å². The van der Waals surface area contributed by atoms with E-state index < -0.39 is 0 Å². The van der Waals surface area contributed by atoms with E-state index in [4.69, 9.17) is 17.3 Å². The van der Waals surface area contributed by atoms with Gasteiger partial charge in [-0.25, -0.2) is 0 Å². The predicted octanol–water partition coefficient (Wildman–Crippen LogP) is 4.56. The van der Waals surface area contributed by atoms with Crippen molar-refractivity contribution in [1.82, 2.24) is 0 Å². The quantitative estimate of drug-likeness (QED) is 0.820. The summed E-state index contributed by atoms with van der Waals surface area (Å²) in [7, 11) is 0. The van der Waals surface area contributed by atoms with Crippen molar-refractivity contribution in [1.29, 1.82) is 0 Å². The lowest BCUT2D eigenvalue weighted by atomic mass is 9.70. The number of benzene rings is 1. The fourth-order valence-electron chi connectivity index (χ4n) is 2.74. The van der Waals surface area contributed by atoms with Gasteiger partial charge in [0.1, 0.15) is 0 Å². The third-order valence-electron chi connectivity index (χ3n) is 4.15. The minimum absolute atomic E-state index is 0.170. The monoisotopic (exact) mass is 251 g/mol. The van der Waals surface area contributed by atoms with Crippen LogP contribution in [0, 0.1) is 11.3 Å². The molecule has 0 spiro atoms. The van der Waals surface area contributed by atoms with Gasteiger partial charge in [-0.15, -0.1) is 0 Å². The molecular formula is C15H22ClN. The van der Waals surface area contributed by atoms with Crippen molar-refractivity contribution < 1.29 is 0 Å². The Morgan fingerprint density at radius 1 is 1.18 bits per heavy atom. The first-order valence-corrected chi connectivity index (χ1v) is 6.87. The Morgan fingerprint density at radius 2 is 1.71 bits per heavy atom. The molecule has 2 N–H and O–H groups in total. The summed E-state index contributed by atoms with van der Waals surface area (Å²) in [5, 5.41) is 0.783. The van der Waals surface area contributed by atoms with Crippen molar-refractivity contribution in [2.24, 2.45) is 17.1 Å². The molecule has 1 saturated carbocycles. The molecule has 0 aliphatic heterocycles. The van der Waals surface area contributed by atoms with Crippen molar-refractivity contribution in [3.63, 3.8) is 0 Å². The molecule has 0 bridgehead atoms. The fourth-order valence-corrected chi connectivity index (χ4v) is 2.86. The summed E-state index contributed by atoms with van der Waals surface area (Å²) in [6.45, 7) is 4.72. The predicted molar refractivity (Wildman–Crippen MR) is 74.1 cm³/mol. The SMILES string of the molecule is CC1(C)CCC(C(N)c2ccc(Cl)cc2)CC1. The molecule has 1 aliphatic rings. The second-order valence-corrected chi connectivity index (χ2v) is 6.52. The zero-order chi connectivity index (χ0) is 12.5. The first kappa shape index (κ1) is 12.9. The highest BCUT2D eigenvalue weighted by Gasteiger charge is 2.30. The third kappa shape index (κ3) is 3.23. The second-order valence-electron chi connectivity index (χ2n) is 6.08. The lowest BCUT2D eigenvalue weighted by molar-refractivity contribution is 0.173. The maximum Gasteiger partial charge on any atom is 0.0406 e. The van der Waals surface area contributed by atoms with E-state index in [2.05, 4.69) is 26.0 Å². The highest BCUT2D eigenvalue weighted by molar-refractivity contribution is 6.30. The summed E-state index contributed by atoms with van der Waals surface area (Å²) >= 11 is 5.90. The van der Waals surface area contributed by atoms with Gasteiger partial charge in [-0.2, -0.15) is 0 Å². The van der Waals surface area contributed by atoms with Gasteiger partial charge in [0.2, 0.25) is 0 Å². The smallest absolute Gasteiger partial charge is 0.0406 e. The highest BCUT2D eigenvalue weighted by atomic mass is 35.5. The van der Waals surface area contributed by atoms with Crippen LogP contribution in [-0.4, -0.2) is 0 Å². The second kappa shape index (κ2) is 4.99. The first-order chi connectivity index (χ1) is 7.98. The van der Waals surface area contributed by atoms with Gasteiger partial charge in [-0.3, -0.25) is 0 Å². The Labute approximate surface area is 109 Å². The zero-order valence-electron chi connectivity index (χ0n) is 10.7. The summed E-state index contributed by atoms with van der Waals surface area (Å²) < 4.78 is 0. The van der Waals surface area contributed by atoms with E-state index in [0.717, 1.165) is 5.02 Å². The van der Waals surface area contributed by atoms with Crippen LogP contribution in [-0.2, 0) is 0 Å². The van der Waals surface area contributed by atoms with Gasteiger partial charge in [-0.1, -0.05) is 37.6 Å². The van der Waals surface area contributed by atoms with Gasteiger partial charge in [0.25, 0.3) is 0 Å². The minimum atomic E-state index is 0.170. The standard InChI is InChI=1S/C15H22ClN/c1-15(2)9-7-12(8-10-15)14(17)11-3-5-13(16)6-4-11/h3-6,12,14H,7-10,17H2,1-2H3. The molecule has 1 aromatic rings. The molecule has 0 amide bonds. The van der Waals surface area contributed by atoms with Crippen molar-refractivity contribution in [2.45, 2.75) is 45.6 Å². The van der Waals surface area contributed by atoms with Crippen LogP contribution in [0.2, 0.25) is 5.02 Å². The molecule has 0 radical (unpaired) electrons. The Balaban J connectivity index is 2.01. The van der Waals surface area contributed by atoms with Gasteiger partial charge < -0.3 is 5.73 Å². The number of hydrogen-bond donors (Lipinski definition) is 1.